The molecule has 2 N–H and O–H groups in total. The van der Waals surface area contributed by atoms with E-state index in [0.717, 1.165) is 57.2 Å². The van der Waals surface area contributed by atoms with E-state index in [1.165, 1.54) is 51.7 Å². The molecule has 3 fully saturated rings. The van der Waals surface area contributed by atoms with Crippen molar-refractivity contribution in [3.8, 4) is 0 Å². The SMILES string of the molecule is CCNC(=NCC1(O)CCCCC1)N1CCC(CN2CCCCC2)C1.I. The highest BCUT2D eigenvalue weighted by atomic mass is 127. The minimum absolute atomic E-state index is 0. The molecule has 0 aromatic heterocycles. The monoisotopic (exact) mass is 478 g/mol. The van der Waals surface area contributed by atoms with E-state index in [4.69, 9.17) is 4.99 Å². The van der Waals surface area contributed by atoms with Gasteiger partial charge in [-0.1, -0.05) is 25.7 Å². The molecule has 1 unspecified atom stereocenters. The molecule has 0 spiro atoms. The zero-order valence-electron chi connectivity index (χ0n) is 16.6. The van der Waals surface area contributed by atoms with Gasteiger partial charge in [-0.2, -0.15) is 0 Å². The maximum Gasteiger partial charge on any atom is 0.194 e. The van der Waals surface area contributed by atoms with E-state index in [9.17, 15) is 5.11 Å². The van der Waals surface area contributed by atoms with Crippen LogP contribution in [0.15, 0.2) is 4.99 Å². The minimum atomic E-state index is -0.564. The first-order chi connectivity index (χ1) is 12.2. The summed E-state index contributed by atoms with van der Waals surface area (Å²) >= 11 is 0. The Hall–Kier alpha value is -0.0800. The smallest absolute Gasteiger partial charge is 0.194 e. The topological polar surface area (TPSA) is 51.1 Å². The number of likely N-dealkylation sites (tertiary alicyclic amines) is 2. The maximum atomic E-state index is 10.7. The fraction of sp³-hybridized carbons (Fsp3) is 0.950. The molecule has 152 valence electrons. The van der Waals surface area contributed by atoms with Gasteiger partial charge >= 0.3 is 0 Å². The van der Waals surface area contributed by atoms with E-state index >= 15 is 0 Å². The van der Waals surface area contributed by atoms with Crippen molar-refractivity contribution in [3.05, 3.63) is 0 Å². The molecule has 1 atom stereocenters. The second-order valence-electron chi connectivity index (χ2n) is 8.42. The average molecular weight is 478 g/mol. The Balaban J connectivity index is 0.00000243. The molecule has 2 aliphatic heterocycles. The van der Waals surface area contributed by atoms with Gasteiger partial charge in [-0.05, 0) is 58.0 Å². The van der Waals surface area contributed by atoms with Gasteiger partial charge in [0.2, 0.25) is 0 Å². The summed E-state index contributed by atoms with van der Waals surface area (Å²) in [6, 6.07) is 0. The van der Waals surface area contributed by atoms with Crippen LogP contribution in [0.1, 0.15) is 64.7 Å². The molecule has 0 radical (unpaired) electrons. The summed E-state index contributed by atoms with van der Waals surface area (Å²) in [6.45, 7) is 9.62. The summed E-state index contributed by atoms with van der Waals surface area (Å²) in [7, 11) is 0. The van der Waals surface area contributed by atoms with E-state index in [-0.39, 0.29) is 24.0 Å². The molecule has 3 rings (SSSR count). The van der Waals surface area contributed by atoms with E-state index in [0.29, 0.717) is 6.54 Å². The Kier molecular flexibility index (Phi) is 9.44. The van der Waals surface area contributed by atoms with Gasteiger partial charge in [0.05, 0.1) is 12.1 Å². The first kappa shape index (κ1) is 22.2. The molecule has 2 heterocycles. The minimum Gasteiger partial charge on any atom is -0.388 e. The molecule has 0 aromatic carbocycles. The Bertz CT molecular complexity index is 434. The predicted molar refractivity (Wildman–Crippen MR) is 119 cm³/mol. The summed E-state index contributed by atoms with van der Waals surface area (Å²) in [4.78, 5) is 9.92. The highest BCUT2D eigenvalue weighted by molar-refractivity contribution is 14.0. The van der Waals surface area contributed by atoms with Gasteiger partial charge in [0.1, 0.15) is 0 Å². The lowest BCUT2D eigenvalue weighted by Gasteiger charge is -2.31. The van der Waals surface area contributed by atoms with Crippen LogP contribution < -0.4 is 5.32 Å². The van der Waals surface area contributed by atoms with E-state index < -0.39 is 5.60 Å². The quantitative estimate of drug-likeness (QED) is 0.363. The van der Waals surface area contributed by atoms with Gasteiger partial charge in [0, 0.05) is 26.2 Å². The van der Waals surface area contributed by atoms with E-state index in [1.807, 2.05) is 0 Å². The van der Waals surface area contributed by atoms with Crippen LogP contribution in [0.5, 0.6) is 0 Å². The summed E-state index contributed by atoms with van der Waals surface area (Å²) in [5, 5.41) is 14.2. The van der Waals surface area contributed by atoms with Crippen LogP contribution in [-0.2, 0) is 0 Å². The van der Waals surface area contributed by atoms with Crippen LogP contribution >= 0.6 is 24.0 Å². The van der Waals surface area contributed by atoms with Crippen molar-refractivity contribution >= 4 is 29.9 Å². The van der Waals surface area contributed by atoms with Crippen LogP contribution in [0.25, 0.3) is 0 Å². The molecule has 0 bridgehead atoms. The van der Waals surface area contributed by atoms with Gasteiger partial charge in [-0.25, -0.2) is 0 Å². The van der Waals surface area contributed by atoms with Gasteiger partial charge in [0.25, 0.3) is 0 Å². The molecular weight excluding hydrogens is 439 g/mol. The van der Waals surface area contributed by atoms with Crippen molar-refractivity contribution in [3.63, 3.8) is 0 Å². The highest BCUT2D eigenvalue weighted by Crippen LogP contribution is 2.28. The number of nitrogens with one attached hydrogen (secondary N) is 1. The first-order valence-corrected chi connectivity index (χ1v) is 10.7. The molecule has 1 saturated carbocycles. The van der Waals surface area contributed by atoms with Gasteiger partial charge in [-0.3, -0.25) is 4.99 Å². The normalized spacial score (nSPS) is 27.2. The zero-order valence-corrected chi connectivity index (χ0v) is 18.9. The summed E-state index contributed by atoms with van der Waals surface area (Å²) in [6.07, 6.45) is 10.8. The second kappa shape index (κ2) is 11.1. The summed E-state index contributed by atoms with van der Waals surface area (Å²) in [5.74, 6) is 1.78. The molecule has 1 aliphatic carbocycles. The number of guanidine groups is 1. The second-order valence-corrected chi connectivity index (χ2v) is 8.42. The zero-order chi connectivity index (χ0) is 17.5. The maximum absolute atomic E-state index is 10.7. The Morgan fingerprint density at radius 2 is 1.77 bits per heavy atom. The van der Waals surface area contributed by atoms with Crippen LogP contribution in [0.2, 0.25) is 0 Å². The third kappa shape index (κ3) is 6.51. The molecule has 5 nitrogen and oxygen atoms in total. The van der Waals surface area contributed by atoms with Crippen LogP contribution in [-0.4, -0.2) is 72.3 Å². The third-order valence-electron chi connectivity index (χ3n) is 6.19. The largest absolute Gasteiger partial charge is 0.388 e. The van der Waals surface area contributed by atoms with Crippen molar-refractivity contribution in [2.75, 3.05) is 45.8 Å². The predicted octanol–water partition coefficient (Wildman–Crippen LogP) is 3.07. The molecule has 0 aromatic rings. The molecule has 3 aliphatic rings. The molecule has 6 heteroatoms. The number of hydrogen-bond acceptors (Lipinski definition) is 3. The summed E-state index contributed by atoms with van der Waals surface area (Å²) < 4.78 is 0. The number of aliphatic hydroxyl groups is 1. The van der Waals surface area contributed by atoms with Gasteiger partial charge < -0.3 is 20.2 Å². The number of rotatable bonds is 5. The standard InChI is InChI=1S/C20H38N4O.HI/c1-2-21-19(22-17-20(25)10-5-3-6-11-20)24-14-9-18(16-24)15-23-12-7-4-8-13-23;/h18,25H,2-17H2,1H3,(H,21,22);1H. The van der Waals surface area contributed by atoms with Gasteiger partial charge in [0.15, 0.2) is 5.96 Å². The molecule has 26 heavy (non-hydrogen) atoms. The third-order valence-corrected chi connectivity index (χ3v) is 6.19. The highest BCUT2D eigenvalue weighted by Gasteiger charge is 2.31. The lowest BCUT2D eigenvalue weighted by atomic mass is 9.85. The number of piperidine rings is 1. The Morgan fingerprint density at radius 3 is 2.46 bits per heavy atom. The molecular formula is C20H39IN4O. The fourth-order valence-corrected chi connectivity index (χ4v) is 4.70. The van der Waals surface area contributed by atoms with Gasteiger partial charge in [-0.15, -0.1) is 24.0 Å². The first-order valence-electron chi connectivity index (χ1n) is 10.7. The van der Waals surface area contributed by atoms with Crippen molar-refractivity contribution in [2.45, 2.75) is 70.3 Å². The van der Waals surface area contributed by atoms with Crippen LogP contribution in [0.4, 0.5) is 0 Å². The van der Waals surface area contributed by atoms with Crippen molar-refractivity contribution in [2.24, 2.45) is 10.9 Å². The van der Waals surface area contributed by atoms with E-state index in [1.54, 1.807) is 0 Å². The number of nitrogens with zero attached hydrogens (tertiary/aromatic N) is 3. The Morgan fingerprint density at radius 1 is 1.08 bits per heavy atom. The van der Waals surface area contributed by atoms with Crippen LogP contribution in [0.3, 0.4) is 0 Å². The lowest BCUT2D eigenvalue weighted by Crippen LogP contribution is -2.43. The van der Waals surface area contributed by atoms with E-state index in [2.05, 4.69) is 22.0 Å². The molecule has 2 saturated heterocycles. The summed E-state index contributed by atoms with van der Waals surface area (Å²) in [5.41, 5.74) is -0.564. The fourth-order valence-electron chi connectivity index (χ4n) is 4.70. The number of halogens is 1. The van der Waals surface area contributed by atoms with Crippen molar-refractivity contribution < 1.29 is 5.11 Å². The number of aliphatic imine (C=N–C) groups is 1. The average Bonchev–Trinajstić information content (AvgIpc) is 3.08. The van der Waals surface area contributed by atoms with Crippen molar-refractivity contribution in [1.29, 1.82) is 0 Å². The Labute approximate surface area is 177 Å². The lowest BCUT2D eigenvalue weighted by molar-refractivity contribution is 0.0130. The molecule has 0 amide bonds. The van der Waals surface area contributed by atoms with Crippen molar-refractivity contribution in [1.82, 2.24) is 15.1 Å². The number of hydrogen-bond donors (Lipinski definition) is 2. The van der Waals surface area contributed by atoms with Crippen LogP contribution in [0, 0.1) is 5.92 Å².